The monoisotopic (exact) mass is 239 g/mol. The number of hydrogen-bond donors (Lipinski definition) is 1. The maximum absolute atomic E-state index is 6.08. The van der Waals surface area contributed by atoms with Crippen LogP contribution in [-0.4, -0.2) is 18.7 Å². The highest BCUT2D eigenvalue weighted by Crippen LogP contribution is 2.29. The van der Waals surface area contributed by atoms with Crippen LogP contribution in [0.3, 0.4) is 0 Å². The lowest BCUT2D eigenvalue weighted by Gasteiger charge is -2.22. The van der Waals surface area contributed by atoms with E-state index < -0.39 is 0 Å². The van der Waals surface area contributed by atoms with Gasteiger partial charge in [0.25, 0.3) is 0 Å². The number of para-hydroxylation sites is 1. The van der Waals surface area contributed by atoms with Crippen LogP contribution in [0.15, 0.2) is 24.3 Å². The first kappa shape index (κ1) is 11.7. The molecule has 1 aromatic rings. The molecule has 0 radical (unpaired) electrons. The van der Waals surface area contributed by atoms with Crippen LogP contribution in [-0.2, 0) is 0 Å². The Kier molecular flexibility index (Phi) is 4.08. The summed E-state index contributed by atoms with van der Waals surface area (Å²) in [5.41, 5.74) is 0. The van der Waals surface area contributed by atoms with Crippen LogP contribution in [0.4, 0.5) is 0 Å². The van der Waals surface area contributed by atoms with Gasteiger partial charge in [0.1, 0.15) is 11.9 Å². The molecule has 0 aromatic heterocycles. The van der Waals surface area contributed by atoms with Crippen molar-refractivity contribution in [1.82, 2.24) is 5.32 Å². The minimum Gasteiger partial charge on any atom is -0.487 e. The first-order chi connectivity index (χ1) is 7.81. The zero-order valence-corrected chi connectivity index (χ0v) is 10.3. The van der Waals surface area contributed by atoms with Crippen LogP contribution < -0.4 is 10.1 Å². The van der Waals surface area contributed by atoms with E-state index in [2.05, 4.69) is 12.2 Å². The average Bonchev–Trinajstić information content (AvgIpc) is 2.70. The molecule has 2 nitrogen and oxygen atoms in total. The minimum absolute atomic E-state index is 0.264. The molecule has 88 valence electrons. The molecule has 0 spiro atoms. The predicted octanol–water partition coefficient (Wildman–Crippen LogP) is 3.25. The summed E-state index contributed by atoms with van der Waals surface area (Å²) in [6, 6.07) is 8.16. The SMILES string of the molecule is CCNC1CCCC1Oc1ccccc1Cl. The normalized spacial score (nSPS) is 24.6. The van der Waals surface area contributed by atoms with Crippen molar-refractivity contribution in [3.63, 3.8) is 0 Å². The fourth-order valence-electron chi connectivity index (χ4n) is 2.27. The third-order valence-corrected chi connectivity index (χ3v) is 3.35. The summed E-state index contributed by atoms with van der Waals surface area (Å²) in [5.74, 6) is 0.805. The van der Waals surface area contributed by atoms with Crippen molar-refractivity contribution in [3.05, 3.63) is 29.3 Å². The van der Waals surface area contributed by atoms with E-state index in [1.165, 1.54) is 12.8 Å². The van der Waals surface area contributed by atoms with Crippen molar-refractivity contribution in [2.24, 2.45) is 0 Å². The molecule has 3 heteroatoms. The number of benzene rings is 1. The van der Waals surface area contributed by atoms with Crippen LogP contribution in [0.25, 0.3) is 0 Å². The zero-order chi connectivity index (χ0) is 11.4. The van der Waals surface area contributed by atoms with Gasteiger partial charge >= 0.3 is 0 Å². The summed E-state index contributed by atoms with van der Waals surface area (Å²) >= 11 is 6.08. The number of ether oxygens (including phenoxy) is 1. The van der Waals surface area contributed by atoms with Crippen LogP contribution in [0.5, 0.6) is 5.75 Å². The second-order valence-electron chi connectivity index (χ2n) is 4.18. The molecule has 1 aliphatic carbocycles. The molecule has 2 unspecified atom stereocenters. The highest BCUT2D eigenvalue weighted by Gasteiger charge is 2.28. The van der Waals surface area contributed by atoms with Gasteiger partial charge in [0, 0.05) is 6.04 Å². The Balaban J connectivity index is 2.01. The predicted molar refractivity (Wildman–Crippen MR) is 67.2 cm³/mol. The lowest BCUT2D eigenvalue weighted by atomic mass is 10.2. The summed E-state index contributed by atoms with van der Waals surface area (Å²) in [4.78, 5) is 0. The van der Waals surface area contributed by atoms with Gasteiger partial charge in [-0.1, -0.05) is 30.7 Å². The van der Waals surface area contributed by atoms with Gasteiger partial charge in [-0.25, -0.2) is 0 Å². The molecular weight excluding hydrogens is 222 g/mol. The largest absolute Gasteiger partial charge is 0.487 e. The zero-order valence-electron chi connectivity index (χ0n) is 9.58. The topological polar surface area (TPSA) is 21.3 Å². The molecule has 1 aromatic carbocycles. The fraction of sp³-hybridized carbons (Fsp3) is 0.538. The minimum atomic E-state index is 0.264. The van der Waals surface area contributed by atoms with Gasteiger partial charge in [-0.15, -0.1) is 0 Å². The lowest BCUT2D eigenvalue weighted by molar-refractivity contribution is 0.176. The molecule has 0 saturated heterocycles. The van der Waals surface area contributed by atoms with Crippen molar-refractivity contribution in [1.29, 1.82) is 0 Å². The van der Waals surface area contributed by atoms with Crippen molar-refractivity contribution >= 4 is 11.6 Å². The maximum Gasteiger partial charge on any atom is 0.138 e. The van der Waals surface area contributed by atoms with Gasteiger partial charge < -0.3 is 10.1 Å². The van der Waals surface area contributed by atoms with Gasteiger partial charge in [0.05, 0.1) is 5.02 Å². The van der Waals surface area contributed by atoms with Crippen molar-refractivity contribution < 1.29 is 4.74 Å². The smallest absolute Gasteiger partial charge is 0.138 e. The summed E-state index contributed by atoms with van der Waals surface area (Å²) < 4.78 is 5.98. The van der Waals surface area contributed by atoms with Gasteiger partial charge in [-0.05, 0) is 37.9 Å². The molecule has 1 aliphatic rings. The average molecular weight is 240 g/mol. The van der Waals surface area contributed by atoms with Crippen LogP contribution >= 0.6 is 11.6 Å². The van der Waals surface area contributed by atoms with E-state index in [4.69, 9.17) is 16.3 Å². The fourth-order valence-corrected chi connectivity index (χ4v) is 2.45. The Morgan fingerprint density at radius 1 is 1.38 bits per heavy atom. The molecule has 1 saturated carbocycles. The number of rotatable bonds is 4. The van der Waals surface area contributed by atoms with Crippen molar-refractivity contribution in [2.45, 2.75) is 38.3 Å². The lowest BCUT2D eigenvalue weighted by Crippen LogP contribution is -2.38. The third kappa shape index (κ3) is 2.69. The number of halogens is 1. The molecule has 16 heavy (non-hydrogen) atoms. The standard InChI is InChI=1S/C13H18ClNO/c1-2-15-11-7-5-9-13(11)16-12-8-4-3-6-10(12)14/h3-4,6,8,11,13,15H,2,5,7,9H2,1H3. The molecule has 1 N–H and O–H groups in total. The third-order valence-electron chi connectivity index (χ3n) is 3.03. The van der Waals surface area contributed by atoms with Crippen molar-refractivity contribution in [3.8, 4) is 5.75 Å². The Bertz CT molecular complexity index is 342. The number of nitrogens with one attached hydrogen (secondary N) is 1. The van der Waals surface area contributed by atoms with E-state index in [1.54, 1.807) is 0 Å². The highest BCUT2D eigenvalue weighted by molar-refractivity contribution is 6.32. The van der Waals surface area contributed by atoms with E-state index in [0.717, 1.165) is 18.7 Å². The first-order valence-electron chi connectivity index (χ1n) is 5.96. The molecule has 0 amide bonds. The van der Waals surface area contributed by atoms with E-state index in [-0.39, 0.29) is 6.10 Å². The Hall–Kier alpha value is -0.730. The quantitative estimate of drug-likeness (QED) is 0.871. The number of likely N-dealkylation sites (N-methyl/N-ethyl adjacent to an activating group) is 1. The molecule has 0 bridgehead atoms. The van der Waals surface area contributed by atoms with Gasteiger partial charge in [0.2, 0.25) is 0 Å². The second kappa shape index (κ2) is 5.55. The molecule has 0 aliphatic heterocycles. The van der Waals surface area contributed by atoms with Crippen LogP contribution in [0.2, 0.25) is 5.02 Å². The Morgan fingerprint density at radius 2 is 2.19 bits per heavy atom. The van der Waals surface area contributed by atoms with Gasteiger partial charge in [-0.3, -0.25) is 0 Å². The van der Waals surface area contributed by atoms with E-state index in [0.29, 0.717) is 11.1 Å². The summed E-state index contributed by atoms with van der Waals surface area (Å²) in [5, 5.41) is 4.16. The van der Waals surface area contributed by atoms with E-state index >= 15 is 0 Å². The first-order valence-corrected chi connectivity index (χ1v) is 6.33. The molecule has 2 atom stereocenters. The molecule has 0 heterocycles. The van der Waals surface area contributed by atoms with E-state index in [1.807, 2.05) is 24.3 Å². The van der Waals surface area contributed by atoms with Gasteiger partial charge in [-0.2, -0.15) is 0 Å². The second-order valence-corrected chi connectivity index (χ2v) is 4.59. The maximum atomic E-state index is 6.08. The molecule has 1 fully saturated rings. The Morgan fingerprint density at radius 3 is 2.94 bits per heavy atom. The highest BCUT2D eigenvalue weighted by atomic mass is 35.5. The summed E-state index contributed by atoms with van der Waals surface area (Å²) in [7, 11) is 0. The summed E-state index contributed by atoms with van der Waals surface area (Å²) in [6.07, 6.45) is 3.80. The van der Waals surface area contributed by atoms with Crippen LogP contribution in [0.1, 0.15) is 26.2 Å². The van der Waals surface area contributed by atoms with E-state index in [9.17, 15) is 0 Å². The number of hydrogen-bond acceptors (Lipinski definition) is 2. The Labute approximate surface area is 102 Å². The molecule has 2 rings (SSSR count). The molecular formula is C13H18ClNO. The summed E-state index contributed by atoms with van der Waals surface area (Å²) in [6.45, 7) is 3.12. The van der Waals surface area contributed by atoms with Crippen molar-refractivity contribution in [2.75, 3.05) is 6.54 Å². The van der Waals surface area contributed by atoms with Crippen LogP contribution in [0, 0.1) is 0 Å². The van der Waals surface area contributed by atoms with Gasteiger partial charge in [0.15, 0.2) is 0 Å².